The molecule has 138 valence electrons. The SMILES string of the molecule is CCNS(=O)(=O)c1cc2c(cc1Cl)NC(Cc1ccccc1)=NS2(=O)=O. The molecule has 0 fully saturated rings. The van der Waals surface area contributed by atoms with Gasteiger partial charge < -0.3 is 5.32 Å². The molecule has 0 bridgehead atoms. The molecule has 1 aliphatic rings. The summed E-state index contributed by atoms with van der Waals surface area (Å²) in [5, 5.41) is 2.85. The Bertz CT molecular complexity index is 1080. The van der Waals surface area contributed by atoms with Gasteiger partial charge in [-0.1, -0.05) is 48.9 Å². The van der Waals surface area contributed by atoms with Crippen LogP contribution in [0, 0.1) is 0 Å². The van der Waals surface area contributed by atoms with E-state index in [9.17, 15) is 16.8 Å². The first-order valence-corrected chi connectivity index (χ1v) is 11.0. The average molecular weight is 414 g/mol. The third kappa shape index (κ3) is 3.75. The summed E-state index contributed by atoms with van der Waals surface area (Å²) in [6, 6.07) is 11.6. The molecular weight excluding hydrogens is 398 g/mol. The second-order valence-electron chi connectivity index (χ2n) is 5.58. The number of hydrogen-bond acceptors (Lipinski definition) is 5. The summed E-state index contributed by atoms with van der Waals surface area (Å²) >= 11 is 6.09. The lowest BCUT2D eigenvalue weighted by atomic mass is 10.1. The van der Waals surface area contributed by atoms with Crippen LogP contribution in [0.1, 0.15) is 12.5 Å². The first-order chi connectivity index (χ1) is 12.2. The predicted octanol–water partition coefficient (Wildman–Crippen LogP) is 2.39. The molecule has 0 unspecified atom stereocenters. The second-order valence-corrected chi connectivity index (χ2v) is 9.30. The lowest BCUT2D eigenvalue weighted by Gasteiger charge is -2.20. The zero-order valence-electron chi connectivity index (χ0n) is 13.7. The van der Waals surface area contributed by atoms with Gasteiger partial charge >= 0.3 is 0 Å². The van der Waals surface area contributed by atoms with Crippen LogP contribution in [0.3, 0.4) is 0 Å². The van der Waals surface area contributed by atoms with Gasteiger partial charge in [0.15, 0.2) is 0 Å². The number of fused-ring (bicyclic) bond motifs is 1. The molecule has 0 atom stereocenters. The van der Waals surface area contributed by atoms with E-state index in [0.717, 1.165) is 11.6 Å². The quantitative estimate of drug-likeness (QED) is 0.783. The van der Waals surface area contributed by atoms with Crippen molar-refractivity contribution in [1.29, 1.82) is 0 Å². The number of halogens is 1. The molecule has 0 aliphatic carbocycles. The van der Waals surface area contributed by atoms with Gasteiger partial charge in [-0.2, -0.15) is 8.42 Å². The Morgan fingerprint density at radius 3 is 2.54 bits per heavy atom. The van der Waals surface area contributed by atoms with Gasteiger partial charge in [-0.15, -0.1) is 4.40 Å². The van der Waals surface area contributed by atoms with Crippen molar-refractivity contribution in [2.45, 2.75) is 23.1 Å². The number of nitrogens with zero attached hydrogens (tertiary/aromatic N) is 1. The highest BCUT2D eigenvalue weighted by Gasteiger charge is 2.29. The maximum absolute atomic E-state index is 12.5. The van der Waals surface area contributed by atoms with Crippen LogP contribution in [-0.2, 0) is 26.5 Å². The minimum atomic E-state index is -4.05. The number of rotatable bonds is 5. The van der Waals surface area contributed by atoms with Crippen molar-refractivity contribution in [3.05, 3.63) is 53.1 Å². The van der Waals surface area contributed by atoms with E-state index in [-0.39, 0.29) is 39.3 Å². The number of nitrogens with one attached hydrogen (secondary N) is 2. The lowest BCUT2D eigenvalue weighted by Crippen LogP contribution is -2.26. The standard InChI is InChI=1S/C16H16ClN3O4S2/c1-2-18-25(21,22)14-10-15-13(9-12(14)17)19-16(20-26(15,23)24)8-11-6-4-3-5-7-11/h3-7,9-10,18H,2,8H2,1H3,(H,19,20). The molecule has 1 heterocycles. The summed E-state index contributed by atoms with van der Waals surface area (Å²) in [7, 11) is -7.96. The molecule has 0 aromatic heterocycles. The van der Waals surface area contributed by atoms with Crippen LogP contribution in [0.15, 0.2) is 56.7 Å². The van der Waals surface area contributed by atoms with Crippen molar-refractivity contribution in [2.75, 3.05) is 11.9 Å². The van der Waals surface area contributed by atoms with E-state index in [2.05, 4.69) is 14.4 Å². The Hall–Kier alpha value is -1.94. The van der Waals surface area contributed by atoms with E-state index in [4.69, 9.17) is 11.6 Å². The van der Waals surface area contributed by atoms with Crippen molar-refractivity contribution in [3.8, 4) is 0 Å². The third-order valence-electron chi connectivity index (χ3n) is 3.66. The molecule has 10 heteroatoms. The van der Waals surface area contributed by atoms with Crippen LogP contribution >= 0.6 is 11.6 Å². The topological polar surface area (TPSA) is 105 Å². The fourth-order valence-electron chi connectivity index (χ4n) is 2.56. The van der Waals surface area contributed by atoms with E-state index in [1.54, 1.807) is 6.92 Å². The summed E-state index contributed by atoms with van der Waals surface area (Å²) in [5.41, 5.74) is 1.08. The third-order valence-corrected chi connectivity index (χ3v) is 7.02. The minimum absolute atomic E-state index is 0.0756. The number of hydrogen-bond donors (Lipinski definition) is 2. The van der Waals surface area contributed by atoms with Gasteiger partial charge in [0.1, 0.15) is 15.6 Å². The number of benzene rings is 2. The molecule has 3 rings (SSSR count). The average Bonchev–Trinajstić information content (AvgIpc) is 2.54. The molecular formula is C16H16ClN3O4S2. The summed E-state index contributed by atoms with van der Waals surface area (Å²) in [6.45, 7) is 1.77. The molecule has 7 nitrogen and oxygen atoms in total. The van der Waals surface area contributed by atoms with E-state index in [1.165, 1.54) is 6.07 Å². The maximum Gasteiger partial charge on any atom is 0.286 e. The Labute approximate surface area is 157 Å². The zero-order chi connectivity index (χ0) is 18.9. The first-order valence-electron chi connectivity index (χ1n) is 7.71. The highest BCUT2D eigenvalue weighted by molar-refractivity contribution is 7.91. The molecule has 0 spiro atoms. The van der Waals surface area contributed by atoms with Gasteiger partial charge in [-0.3, -0.25) is 0 Å². The summed E-state index contributed by atoms with van der Waals surface area (Å²) in [6.07, 6.45) is 0.286. The minimum Gasteiger partial charge on any atom is -0.342 e. The van der Waals surface area contributed by atoms with E-state index < -0.39 is 20.0 Å². The van der Waals surface area contributed by atoms with Gasteiger partial charge in [-0.05, 0) is 17.7 Å². The van der Waals surface area contributed by atoms with Crippen LogP contribution in [0.2, 0.25) is 5.02 Å². The van der Waals surface area contributed by atoms with Crippen molar-refractivity contribution >= 4 is 43.2 Å². The van der Waals surface area contributed by atoms with E-state index in [0.29, 0.717) is 0 Å². The largest absolute Gasteiger partial charge is 0.342 e. The van der Waals surface area contributed by atoms with Gasteiger partial charge in [0.05, 0.1) is 10.7 Å². The fraction of sp³-hybridized carbons (Fsp3) is 0.188. The van der Waals surface area contributed by atoms with E-state index >= 15 is 0 Å². The Kier molecular flexibility index (Phi) is 5.07. The molecule has 2 aromatic carbocycles. The number of sulfonamides is 2. The van der Waals surface area contributed by atoms with Crippen molar-refractivity contribution in [2.24, 2.45) is 4.40 Å². The monoisotopic (exact) mass is 413 g/mol. The van der Waals surface area contributed by atoms with Gasteiger partial charge in [-0.25, -0.2) is 13.1 Å². The Balaban J connectivity index is 2.03. The number of amidine groups is 1. The van der Waals surface area contributed by atoms with Crippen LogP contribution in [0.5, 0.6) is 0 Å². The summed E-state index contributed by atoms with van der Waals surface area (Å²) in [4.78, 5) is -0.526. The maximum atomic E-state index is 12.5. The normalized spacial score (nSPS) is 15.7. The van der Waals surface area contributed by atoms with Crippen molar-refractivity contribution in [3.63, 3.8) is 0 Å². The van der Waals surface area contributed by atoms with Gasteiger partial charge in [0.2, 0.25) is 10.0 Å². The fourth-order valence-corrected chi connectivity index (χ4v) is 5.38. The highest BCUT2D eigenvalue weighted by Crippen LogP contribution is 2.34. The second kappa shape index (κ2) is 6.99. The molecule has 0 amide bonds. The number of anilines is 1. The Morgan fingerprint density at radius 1 is 1.19 bits per heavy atom. The van der Waals surface area contributed by atoms with Crippen LogP contribution in [0.4, 0.5) is 5.69 Å². The van der Waals surface area contributed by atoms with Gasteiger partial charge in [0, 0.05) is 13.0 Å². The van der Waals surface area contributed by atoms with Crippen molar-refractivity contribution < 1.29 is 16.8 Å². The van der Waals surface area contributed by atoms with Crippen LogP contribution < -0.4 is 10.0 Å². The molecule has 0 radical (unpaired) electrons. The predicted molar refractivity (Wildman–Crippen MR) is 101 cm³/mol. The van der Waals surface area contributed by atoms with E-state index in [1.807, 2.05) is 30.3 Å². The van der Waals surface area contributed by atoms with Crippen molar-refractivity contribution in [1.82, 2.24) is 4.72 Å². The molecule has 2 N–H and O–H groups in total. The first kappa shape index (κ1) is 18.8. The lowest BCUT2D eigenvalue weighted by molar-refractivity contribution is 0.583. The molecule has 1 aliphatic heterocycles. The molecule has 2 aromatic rings. The highest BCUT2D eigenvalue weighted by atomic mass is 35.5. The summed E-state index contributed by atoms with van der Waals surface area (Å²) in [5.74, 6) is 0.238. The Morgan fingerprint density at radius 2 is 1.88 bits per heavy atom. The van der Waals surface area contributed by atoms with Crippen LogP contribution in [0.25, 0.3) is 0 Å². The molecule has 0 saturated heterocycles. The molecule has 0 saturated carbocycles. The van der Waals surface area contributed by atoms with Gasteiger partial charge in [0.25, 0.3) is 10.0 Å². The zero-order valence-corrected chi connectivity index (χ0v) is 16.1. The molecule has 26 heavy (non-hydrogen) atoms. The smallest absolute Gasteiger partial charge is 0.286 e. The summed E-state index contributed by atoms with van der Waals surface area (Å²) < 4.78 is 55.6. The van der Waals surface area contributed by atoms with Crippen LogP contribution in [-0.4, -0.2) is 29.2 Å².